The van der Waals surface area contributed by atoms with Gasteiger partial charge in [0.2, 0.25) is 5.91 Å². The Morgan fingerprint density at radius 1 is 1.40 bits per heavy atom. The average molecular weight is 389 g/mol. The van der Waals surface area contributed by atoms with Gasteiger partial charge in [-0.2, -0.15) is 4.31 Å². The second-order valence-corrected chi connectivity index (χ2v) is 9.49. The molecule has 0 bridgehead atoms. The topological polar surface area (TPSA) is 92.8 Å². The van der Waals surface area contributed by atoms with Crippen LogP contribution in [0.2, 0.25) is 0 Å². The summed E-state index contributed by atoms with van der Waals surface area (Å²) < 4.78 is 31.7. The summed E-state index contributed by atoms with van der Waals surface area (Å²) in [7, 11) is -2.21. The zero-order valence-electron chi connectivity index (χ0n) is 14.5. The Kier molecular flexibility index (Phi) is 6.97. The van der Waals surface area contributed by atoms with E-state index in [2.05, 4.69) is 10.1 Å². The SMILES string of the molecule is COC(=O)CCCNC(=O)C1CCCN(S(=O)(=O)c2ccc(C)s2)C1. The lowest BCUT2D eigenvalue weighted by molar-refractivity contribution is -0.140. The van der Waals surface area contributed by atoms with Crippen molar-refractivity contribution in [2.45, 2.75) is 36.8 Å². The molecule has 1 aliphatic heterocycles. The molecule has 0 saturated carbocycles. The molecule has 140 valence electrons. The highest BCUT2D eigenvalue weighted by molar-refractivity contribution is 7.91. The van der Waals surface area contributed by atoms with Crippen molar-refractivity contribution in [3.05, 3.63) is 17.0 Å². The van der Waals surface area contributed by atoms with Gasteiger partial charge in [-0.3, -0.25) is 9.59 Å². The zero-order valence-corrected chi connectivity index (χ0v) is 16.1. The molecule has 1 saturated heterocycles. The number of amides is 1. The monoisotopic (exact) mass is 388 g/mol. The predicted molar refractivity (Wildman–Crippen MR) is 94.8 cm³/mol. The first-order valence-electron chi connectivity index (χ1n) is 8.25. The van der Waals surface area contributed by atoms with Gasteiger partial charge in [-0.25, -0.2) is 8.42 Å². The number of carbonyl (C=O) groups excluding carboxylic acids is 2. The van der Waals surface area contributed by atoms with Crippen molar-refractivity contribution in [2.75, 3.05) is 26.7 Å². The standard InChI is InChI=1S/C16H24N2O5S2/c1-12-7-8-15(24-12)25(21,22)18-10-4-5-13(11-18)16(20)17-9-3-6-14(19)23-2/h7-8,13H,3-6,9-11H2,1-2H3,(H,17,20). The van der Waals surface area contributed by atoms with Crippen LogP contribution in [-0.2, 0) is 24.3 Å². The molecule has 0 aliphatic carbocycles. The zero-order chi connectivity index (χ0) is 18.4. The molecule has 1 aliphatic rings. The van der Waals surface area contributed by atoms with Gasteiger partial charge in [0.1, 0.15) is 4.21 Å². The highest BCUT2D eigenvalue weighted by atomic mass is 32.2. The highest BCUT2D eigenvalue weighted by Gasteiger charge is 2.33. The van der Waals surface area contributed by atoms with Crippen molar-refractivity contribution in [1.29, 1.82) is 0 Å². The van der Waals surface area contributed by atoms with E-state index in [9.17, 15) is 18.0 Å². The molecule has 1 amide bonds. The van der Waals surface area contributed by atoms with Crippen LogP contribution in [0.1, 0.15) is 30.6 Å². The van der Waals surface area contributed by atoms with E-state index >= 15 is 0 Å². The van der Waals surface area contributed by atoms with E-state index in [4.69, 9.17) is 0 Å². The van der Waals surface area contributed by atoms with Crippen LogP contribution in [0.4, 0.5) is 0 Å². The minimum absolute atomic E-state index is 0.160. The van der Waals surface area contributed by atoms with Crippen LogP contribution in [0, 0.1) is 12.8 Å². The largest absolute Gasteiger partial charge is 0.469 e. The number of rotatable bonds is 7. The molecule has 1 aromatic rings. The van der Waals surface area contributed by atoms with Crippen LogP contribution in [0.25, 0.3) is 0 Å². The van der Waals surface area contributed by atoms with E-state index in [0.29, 0.717) is 36.6 Å². The van der Waals surface area contributed by atoms with Crippen molar-refractivity contribution in [2.24, 2.45) is 5.92 Å². The maximum absolute atomic E-state index is 12.7. The third-order valence-corrected chi connectivity index (χ3v) is 7.48. The van der Waals surface area contributed by atoms with Gasteiger partial charge in [-0.15, -0.1) is 11.3 Å². The second-order valence-electron chi connectivity index (χ2n) is 6.04. The minimum Gasteiger partial charge on any atom is -0.469 e. The molecule has 7 nitrogen and oxygen atoms in total. The van der Waals surface area contributed by atoms with E-state index in [-0.39, 0.29) is 30.8 Å². The summed E-state index contributed by atoms with van der Waals surface area (Å²) in [5.74, 6) is -0.828. The summed E-state index contributed by atoms with van der Waals surface area (Å²) in [6.45, 7) is 2.87. The van der Waals surface area contributed by atoms with Crippen LogP contribution in [0.3, 0.4) is 0 Å². The molecule has 2 rings (SSSR count). The maximum atomic E-state index is 12.7. The Bertz CT molecular complexity index is 714. The number of esters is 1. The predicted octanol–water partition coefficient (Wildman–Crippen LogP) is 1.53. The Balaban J connectivity index is 1.89. The van der Waals surface area contributed by atoms with Crippen molar-refractivity contribution >= 4 is 33.2 Å². The molecule has 0 aromatic carbocycles. The van der Waals surface area contributed by atoms with Crippen molar-refractivity contribution in [3.8, 4) is 0 Å². The summed E-state index contributed by atoms with van der Waals surface area (Å²) in [6.07, 6.45) is 2.07. The number of hydrogen-bond donors (Lipinski definition) is 1. The van der Waals surface area contributed by atoms with E-state index in [1.807, 2.05) is 6.92 Å². The third kappa shape index (κ3) is 5.26. The number of ether oxygens (including phenoxy) is 1. The van der Waals surface area contributed by atoms with Crippen LogP contribution in [0.15, 0.2) is 16.3 Å². The summed E-state index contributed by atoms with van der Waals surface area (Å²) in [5, 5.41) is 2.78. The van der Waals surface area contributed by atoms with Crippen molar-refractivity contribution in [1.82, 2.24) is 9.62 Å². The van der Waals surface area contributed by atoms with Crippen LogP contribution in [0.5, 0.6) is 0 Å². The lowest BCUT2D eigenvalue weighted by atomic mass is 9.99. The Morgan fingerprint density at radius 2 is 2.16 bits per heavy atom. The van der Waals surface area contributed by atoms with E-state index in [1.54, 1.807) is 12.1 Å². The molecule has 1 atom stereocenters. The molecular formula is C16H24N2O5S2. The number of nitrogens with one attached hydrogen (secondary N) is 1. The summed E-state index contributed by atoms with van der Waals surface area (Å²) in [5.41, 5.74) is 0. The summed E-state index contributed by atoms with van der Waals surface area (Å²) in [4.78, 5) is 24.3. The lowest BCUT2D eigenvalue weighted by Crippen LogP contribution is -2.45. The van der Waals surface area contributed by atoms with E-state index in [1.165, 1.54) is 22.8 Å². The molecule has 1 N–H and O–H groups in total. The Labute approximate surface area is 152 Å². The fourth-order valence-electron chi connectivity index (χ4n) is 2.74. The number of aryl methyl sites for hydroxylation is 1. The third-order valence-electron chi connectivity index (χ3n) is 4.15. The quantitative estimate of drug-likeness (QED) is 0.565. The molecule has 1 unspecified atom stereocenters. The molecule has 0 radical (unpaired) electrons. The maximum Gasteiger partial charge on any atom is 0.305 e. The Morgan fingerprint density at radius 3 is 2.80 bits per heavy atom. The fourth-order valence-corrected chi connectivity index (χ4v) is 5.70. The summed E-state index contributed by atoms with van der Waals surface area (Å²) >= 11 is 1.25. The molecule has 9 heteroatoms. The number of piperidine rings is 1. The molecule has 1 fully saturated rings. The van der Waals surface area contributed by atoms with E-state index < -0.39 is 10.0 Å². The average Bonchev–Trinajstić information content (AvgIpc) is 3.05. The number of carbonyl (C=O) groups is 2. The van der Waals surface area contributed by atoms with Gasteiger partial charge in [-0.05, 0) is 38.3 Å². The number of nitrogens with zero attached hydrogens (tertiary/aromatic N) is 1. The van der Waals surface area contributed by atoms with Crippen LogP contribution in [-0.4, -0.2) is 51.3 Å². The minimum atomic E-state index is -3.54. The van der Waals surface area contributed by atoms with Crippen molar-refractivity contribution < 1.29 is 22.7 Å². The van der Waals surface area contributed by atoms with Gasteiger partial charge >= 0.3 is 5.97 Å². The first-order valence-corrected chi connectivity index (χ1v) is 10.5. The number of sulfonamides is 1. The van der Waals surface area contributed by atoms with Gasteiger partial charge in [0.25, 0.3) is 10.0 Å². The molecular weight excluding hydrogens is 364 g/mol. The molecule has 2 heterocycles. The van der Waals surface area contributed by atoms with Gasteiger partial charge < -0.3 is 10.1 Å². The van der Waals surface area contributed by atoms with Crippen molar-refractivity contribution in [3.63, 3.8) is 0 Å². The summed E-state index contributed by atoms with van der Waals surface area (Å²) in [6, 6.07) is 3.40. The molecule has 1 aromatic heterocycles. The number of methoxy groups -OCH3 is 1. The van der Waals surface area contributed by atoms with Crippen LogP contribution < -0.4 is 5.32 Å². The van der Waals surface area contributed by atoms with Gasteiger partial charge in [-0.1, -0.05) is 0 Å². The van der Waals surface area contributed by atoms with E-state index in [0.717, 1.165) is 4.88 Å². The lowest BCUT2D eigenvalue weighted by Gasteiger charge is -2.30. The smallest absolute Gasteiger partial charge is 0.305 e. The normalized spacial score (nSPS) is 18.7. The van der Waals surface area contributed by atoms with Gasteiger partial charge in [0, 0.05) is 30.9 Å². The molecule has 25 heavy (non-hydrogen) atoms. The molecule has 0 spiro atoms. The van der Waals surface area contributed by atoms with Gasteiger partial charge in [0.15, 0.2) is 0 Å². The first kappa shape index (κ1) is 19.9. The first-order chi connectivity index (χ1) is 11.8. The van der Waals surface area contributed by atoms with Gasteiger partial charge in [0.05, 0.1) is 13.0 Å². The highest BCUT2D eigenvalue weighted by Crippen LogP contribution is 2.28. The fraction of sp³-hybridized carbons (Fsp3) is 0.625. The Hall–Kier alpha value is -1.45. The number of thiophene rings is 1. The second kappa shape index (κ2) is 8.77. The van der Waals surface area contributed by atoms with Crippen LogP contribution >= 0.6 is 11.3 Å². The number of hydrogen-bond acceptors (Lipinski definition) is 6.